The molecule has 12 heteroatoms. The molecule has 31 heavy (non-hydrogen) atoms. The maximum absolute atomic E-state index is 12.5. The summed E-state index contributed by atoms with van der Waals surface area (Å²) in [5.74, 6) is -0.238. The predicted octanol–water partition coefficient (Wildman–Crippen LogP) is 1.51. The number of nitrogens with zero attached hydrogens (tertiary/aromatic N) is 3. The highest BCUT2D eigenvalue weighted by molar-refractivity contribution is 7.99. The molecule has 1 aliphatic heterocycles. The van der Waals surface area contributed by atoms with Gasteiger partial charge in [-0.1, -0.05) is 25.6 Å². The molecule has 0 unspecified atom stereocenters. The van der Waals surface area contributed by atoms with Gasteiger partial charge in [0, 0.05) is 25.4 Å². The summed E-state index contributed by atoms with van der Waals surface area (Å²) < 4.78 is 33.5. The molecule has 1 saturated heterocycles. The smallest absolute Gasteiger partial charge is 0.344 e. The zero-order chi connectivity index (χ0) is 22.4. The van der Waals surface area contributed by atoms with E-state index in [4.69, 9.17) is 4.74 Å². The van der Waals surface area contributed by atoms with Crippen LogP contribution in [0, 0.1) is 0 Å². The normalized spacial score (nSPS) is 16.7. The van der Waals surface area contributed by atoms with Crippen molar-refractivity contribution in [3.63, 3.8) is 0 Å². The third kappa shape index (κ3) is 5.76. The second kappa shape index (κ2) is 10.4. The molecule has 0 radical (unpaired) electrons. The number of hydrogen-bond donors (Lipinski definition) is 2. The zero-order valence-electron chi connectivity index (χ0n) is 17.5. The molecule has 1 amide bonds. The molecule has 2 aromatic rings. The number of rotatable bonds is 10. The SMILES string of the molecule is CCN(CC)S(=O)(=O)c1ccc(NC(=O)CSc2n[nH]c(=O)n2C[C@H]2CCCO2)cc1. The summed E-state index contributed by atoms with van der Waals surface area (Å²) in [5.41, 5.74) is 0.159. The Morgan fingerprint density at radius 3 is 2.65 bits per heavy atom. The van der Waals surface area contributed by atoms with Crippen molar-refractivity contribution in [3.8, 4) is 0 Å². The van der Waals surface area contributed by atoms with Gasteiger partial charge in [-0.2, -0.15) is 4.31 Å². The van der Waals surface area contributed by atoms with Crippen molar-refractivity contribution in [2.75, 3.05) is 30.8 Å². The summed E-state index contributed by atoms with van der Waals surface area (Å²) in [6, 6.07) is 6.06. The van der Waals surface area contributed by atoms with Crippen LogP contribution < -0.4 is 11.0 Å². The molecule has 1 atom stereocenters. The minimum absolute atomic E-state index is 0.0189. The second-order valence-corrected chi connectivity index (χ2v) is 9.89. The topological polar surface area (TPSA) is 126 Å². The first-order chi connectivity index (χ1) is 14.8. The van der Waals surface area contributed by atoms with Crippen LogP contribution in [0.4, 0.5) is 5.69 Å². The van der Waals surface area contributed by atoms with E-state index in [9.17, 15) is 18.0 Å². The van der Waals surface area contributed by atoms with Gasteiger partial charge in [-0.25, -0.2) is 18.3 Å². The second-order valence-electron chi connectivity index (χ2n) is 7.01. The Bertz CT molecular complexity index is 1040. The predicted molar refractivity (Wildman–Crippen MR) is 118 cm³/mol. The van der Waals surface area contributed by atoms with Gasteiger partial charge in [0.05, 0.1) is 23.3 Å². The summed E-state index contributed by atoms with van der Waals surface area (Å²) in [7, 11) is -3.54. The van der Waals surface area contributed by atoms with Crippen LogP contribution in [0.1, 0.15) is 26.7 Å². The van der Waals surface area contributed by atoms with Crippen molar-refractivity contribution in [1.29, 1.82) is 0 Å². The summed E-state index contributed by atoms with van der Waals surface area (Å²) in [5, 5.41) is 9.56. The van der Waals surface area contributed by atoms with Crippen molar-refractivity contribution in [2.45, 2.75) is 49.4 Å². The molecule has 0 bridgehead atoms. The molecule has 2 N–H and O–H groups in total. The van der Waals surface area contributed by atoms with Crippen LogP contribution in [-0.4, -0.2) is 64.9 Å². The molecule has 3 rings (SSSR count). The Kier molecular flexibility index (Phi) is 7.92. The van der Waals surface area contributed by atoms with Gasteiger partial charge in [0.15, 0.2) is 5.16 Å². The first-order valence-electron chi connectivity index (χ1n) is 10.1. The van der Waals surface area contributed by atoms with Crippen LogP contribution in [0.3, 0.4) is 0 Å². The number of sulfonamides is 1. The molecular formula is C19H27N5O5S2. The van der Waals surface area contributed by atoms with Crippen LogP contribution in [0.15, 0.2) is 39.1 Å². The van der Waals surface area contributed by atoms with E-state index in [1.165, 1.54) is 21.0 Å². The maximum atomic E-state index is 12.5. The van der Waals surface area contributed by atoms with Crippen LogP contribution >= 0.6 is 11.8 Å². The van der Waals surface area contributed by atoms with Crippen molar-refractivity contribution in [2.24, 2.45) is 0 Å². The highest BCUT2D eigenvalue weighted by Gasteiger charge is 2.22. The number of benzene rings is 1. The number of amides is 1. The first kappa shape index (κ1) is 23.5. The van der Waals surface area contributed by atoms with Crippen molar-refractivity contribution in [1.82, 2.24) is 19.1 Å². The average Bonchev–Trinajstić information content (AvgIpc) is 3.38. The van der Waals surface area contributed by atoms with Crippen molar-refractivity contribution < 1.29 is 17.9 Å². The molecule has 2 heterocycles. The van der Waals surface area contributed by atoms with E-state index in [2.05, 4.69) is 15.5 Å². The van der Waals surface area contributed by atoms with Gasteiger partial charge in [0.25, 0.3) is 0 Å². The average molecular weight is 470 g/mol. The number of H-pyrrole nitrogens is 1. The molecule has 10 nitrogen and oxygen atoms in total. The Labute approximate surface area is 185 Å². The minimum Gasteiger partial charge on any atom is -0.376 e. The van der Waals surface area contributed by atoms with Gasteiger partial charge in [-0.05, 0) is 37.1 Å². The van der Waals surface area contributed by atoms with Crippen LogP contribution in [0.5, 0.6) is 0 Å². The number of thioether (sulfide) groups is 1. The Morgan fingerprint density at radius 1 is 1.32 bits per heavy atom. The highest BCUT2D eigenvalue weighted by Crippen LogP contribution is 2.20. The number of hydrogen-bond acceptors (Lipinski definition) is 7. The van der Waals surface area contributed by atoms with Gasteiger partial charge < -0.3 is 10.1 Å². The number of anilines is 1. The van der Waals surface area contributed by atoms with Crippen LogP contribution in [0.2, 0.25) is 0 Å². The molecule has 1 aromatic heterocycles. The highest BCUT2D eigenvalue weighted by atomic mass is 32.2. The summed E-state index contributed by atoms with van der Waals surface area (Å²) in [6.45, 7) is 5.44. The van der Waals surface area contributed by atoms with E-state index in [-0.39, 0.29) is 28.3 Å². The van der Waals surface area contributed by atoms with Gasteiger partial charge in [0.1, 0.15) is 0 Å². The Hall–Kier alpha value is -2.15. The third-order valence-electron chi connectivity index (χ3n) is 4.95. The van der Waals surface area contributed by atoms with Crippen molar-refractivity contribution in [3.05, 3.63) is 34.7 Å². The van der Waals surface area contributed by atoms with E-state index in [1.54, 1.807) is 26.0 Å². The van der Waals surface area contributed by atoms with Crippen LogP contribution in [0.25, 0.3) is 0 Å². The van der Waals surface area contributed by atoms with Gasteiger partial charge >= 0.3 is 5.69 Å². The molecule has 0 saturated carbocycles. The van der Waals surface area contributed by atoms with E-state index in [0.717, 1.165) is 24.6 Å². The van der Waals surface area contributed by atoms with E-state index < -0.39 is 10.0 Å². The summed E-state index contributed by atoms with van der Waals surface area (Å²) in [4.78, 5) is 24.5. The fraction of sp³-hybridized carbons (Fsp3) is 0.526. The molecule has 1 aliphatic rings. The monoisotopic (exact) mass is 469 g/mol. The van der Waals surface area contributed by atoms with E-state index >= 15 is 0 Å². The fourth-order valence-electron chi connectivity index (χ4n) is 3.32. The third-order valence-corrected chi connectivity index (χ3v) is 7.99. The standard InChI is InChI=1S/C19H27N5O5S2/c1-3-23(4-2)31(27,28)16-9-7-14(8-10-16)20-17(25)13-30-19-22-21-18(26)24(19)12-15-6-5-11-29-15/h7-10,15H,3-6,11-13H2,1-2H3,(H,20,25)(H,21,26)/t15-/m1/s1. The Morgan fingerprint density at radius 2 is 2.03 bits per heavy atom. The lowest BCUT2D eigenvalue weighted by atomic mass is 10.2. The lowest BCUT2D eigenvalue weighted by Gasteiger charge is -2.18. The number of aromatic nitrogens is 3. The lowest BCUT2D eigenvalue weighted by molar-refractivity contribution is -0.113. The molecule has 170 valence electrons. The first-order valence-corrected chi connectivity index (χ1v) is 12.6. The quantitative estimate of drug-likeness (QED) is 0.505. The number of nitrogens with one attached hydrogen (secondary N) is 2. The molecule has 1 aromatic carbocycles. The lowest BCUT2D eigenvalue weighted by Crippen LogP contribution is -2.30. The number of carbonyl (C=O) groups excluding carboxylic acids is 1. The molecular weight excluding hydrogens is 442 g/mol. The summed E-state index contributed by atoms with van der Waals surface area (Å²) >= 11 is 1.15. The van der Waals surface area contributed by atoms with Crippen molar-refractivity contribution >= 4 is 33.4 Å². The molecule has 1 fully saturated rings. The zero-order valence-corrected chi connectivity index (χ0v) is 19.2. The number of carbonyl (C=O) groups is 1. The van der Waals surface area contributed by atoms with E-state index in [1.807, 2.05) is 0 Å². The minimum atomic E-state index is -3.54. The van der Waals surface area contributed by atoms with Gasteiger partial charge in [-0.15, -0.1) is 5.10 Å². The van der Waals surface area contributed by atoms with Crippen LogP contribution in [-0.2, 0) is 26.1 Å². The van der Waals surface area contributed by atoms with Gasteiger partial charge in [0.2, 0.25) is 15.9 Å². The number of aromatic amines is 1. The van der Waals surface area contributed by atoms with E-state index in [0.29, 0.717) is 37.1 Å². The molecule has 0 aliphatic carbocycles. The number of ether oxygens (including phenoxy) is 1. The van der Waals surface area contributed by atoms with Gasteiger partial charge in [-0.3, -0.25) is 9.36 Å². The fourth-order valence-corrected chi connectivity index (χ4v) is 5.53. The largest absolute Gasteiger partial charge is 0.376 e. The maximum Gasteiger partial charge on any atom is 0.344 e. The summed E-state index contributed by atoms with van der Waals surface area (Å²) in [6.07, 6.45) is 1.84. The molecule has 0 spiro atoms. The Balaban J connectivity index is 1.58.